The van der Waals surface area contributed by atoms with Crippen molar-refractivity contribution in [2.45, 2.75) is 19.3 Å². The molecule has 0 unspecified atom stereocenters. The Kier molecular flexibility index (Phi) is 5.62. The first-order chi connectivity index (χ1) is 11.2. The molecule has 0 N–H and O–H groups in total. The number of ether oxygens (including phenoxy) is 1. The van der Waals surface area contributed by atoms with Gasteiger partial charge >= 0.3 is 0 Å². The predicted octanol–water partition coefficient (Wildman–Crippen LogP) is 1.94. The van der Waals surface area contributed by atoms with Gasteiger partial charge in [0.2, 0.25) is 5.91 Å². The van der Waals surface area contributed by atoms with Crippen LogP contribution in [0.2, 0.25) is 0 Å². The average Bonchev–Trinajstić information content (AvgIpc) is 2.56. The summed E-state index contributed by atoms with van der Waals surface area (Å²) < 4.78 is 18.6. The maximum atomic E-state index is 13.2. The minimum atomic E-state index is -0.279. The highest BCUT2D eigenvalue weighted by Gasteiger charge is 2.25. The molecular formula is C18H25FN2O2. The second kappa shape index (κ2) is 7.88. The molecule has 0 spiro atoms. The summed E-state index contributed by atoms with van der Waals surface area (Å²) >= 11 is 0. The van der Waals surface area contributed by atoms with Gasteiger partial charge in [0, 0.05) is 32.7 Å². The number of benzene rings is 1. The molecule has 3 rings (SSSR count). The molecule has 2 heterocycles. The topological polar surface area (TPSA) is 32.8 Å². The summed E-state index contributed by atoms with van der Waals surface area (Å²) in [6.07, 6.45) is 2.53. The van der Waals surface area contributed by atoms with Crippen LogP contribution in [-0.4, -0.2) is 61.6 Å². The molecule has 4 nitrogen and oxygen atoms in total. The molecule has 0 saturated carbocycles. The van der Waals surface area contributed by atoms with E-state index in [0.717, 1.165) is 57.9 Å². The Balaban J connectivity index is 1.51. The van der Waals surface area contributed by atoms with E-state index < -0.39 is 0 Å². The quantitative estimate of drug-likeness (QED) is 0.850. The van der Waals surface area contributed by atoms with Gasteiger partial charge in [-0.05, 0) is 36.5 Å². The van der Waals surface area contributed by atoms with Crippen LogP contribution >= 0.6 is 0 Å². The zero-order chi connectivity index (χ0) is 16.1. The number of halogens is 1. The second-order valence-electron chi connectivity index (χ2n) is 6.57. The first kappa shape index (κ1) is 16.4. The summed E-state index contributed by atoms with van der Waals surface area (Å²) in [5, 5.41) is 0. The van der Waals surface area contributed by atoms with Gasteiger partial charge < -0.3 is 9.64 Å². The number of nitrogens with zero attached hydrogens (tertiary/aromatic N) is 2. The third-order valence-corrected chi connectivity index (χ3v) is 4.74. The number of amides is 1. The molecule has 0 aromatic heterocycles. The maximum Gasteiger partial charge on any atom is 0.227 e. The monoisotopic (exact) mass is 320 g/mol. The number of likely N-dealkylation sites (tertiary alicyclic amines) is 1. The van der Waals surface area contributed by atoms with E-state index in [1.54, 1.807) is 6.07 Å². The molecular weight excluding hydrogens is 295 g/mol. The molecule has 1 aromatic rings. The number of carbonyl (C=O) groups excluding carboxylic acids is 1. The lowest BCUT2D eigenvalue weighted by Crippen LogP contribution is -2.46. The maximum absolute atomic E-state index is 13.2. The van der Waals surface area contributed by atoms with Gasteiger partial charge in [-0.3, -0.25) is 9.69 Å². The number of morpholine rings is 1. The van der Waals surface area contributed by atoms with Crippen LogP contribution in [0, 0.1) is 11.7 Å². The number of carbonyl (C=O) groups is 1. The van der Waals surface area contributed by atoms with Gasteiger partial charge in [-0.2, -0.15) is 0 Å². The number of hydrogen-bond donors (Lipinski definition) is 0. The summed E-state index contributed by atoms with van der Waals surface area (Å²) in [6, 6.07) is 6.34. The van der Waals surface area contributed by atoms with Crippen LogP contribution < -0.4 is 0 Å². The second-order valence-corrected chi connectivity index (χ2v) is 6.57. The van der Waals surface area contributed by atoms with Crippen LogP contribution in [-0.2, 0) is 16.0 Å². The molecule has 1 amide bonds. The summed E-state index contributed by atoms with van der Waals surface area (Å²) in [6.45, 7) is 6.32. The van der Waals surface area contributed by atoms with E-state index in [4.69, 9.17) is 4.74 Å². The number of piperidine rings is 1. The van der Waals surface area contributed by atoms with Gasteiger partial charge in [-0.1, -0.05) is 12.1 Å². The fraction of sp³-hybridized carbons (Fsp3) is 0.611. The highest BCUT2D eigenvalue weighted by Crippen LogP contribution is 2.19. The van der Waals surface area contributed by atoms with E-state index in [2.05, 4.69) is 4.90 Å². The fourth-order valence-corrected chi connectivity index (χ4v) is 3.52. The van der Waals surface area contributed by atoms with E-state index in [-0.39, 0.29) is 11.7 Å². The Morgan fingerprint density at radius 2 is 2.09 bits per heavy atom. The SMILES string of the molecule is O=C(Cc1cccc(F)c1)N1CCC[C@@H](CN2CCOCC2)C1. The van der Waals surface area contributed by atoms with Crippen LogP contribution in [0.4, 0.5) is 4.39 Å². The lowest BCUT2D eigenvalue weighted by molar-refractivity contribution is -0.132. The standard InChI is InChI=1S/C18H25FN2O2/c19-17-5-1-3-15(11-17)12-18(22)21-6-2-4-16(14-21)13-20-7-9-23-10-8-20/h1,3,5,11,16H,2,4,6-10,12-14H2/t16-/m0/s1. The molecule has 2 fully saturated rings. The Morgan fingerprint density at radius 3 is 2.87 bits per heavy atom. The smallest absolute Gasteiger partial charge is 0.227 e. The third kappa shape index (κ3) is 4.75. The Morgan fingerprint density at radius 1 is 1.26 bits per heavy atom. The minimum Gasteiger partial charge on any atom is -0.379 e. The summed E-state index contributed by atoms with van der Waals surface area (Å²) in [7, 11) is 0. The summed E-state index contributed by atoms with van der Waals surface area (Å²) in [5.74, 6) is 0.375. The summed E-state index contributed by atoms with van der Waals surface area (Å²) in [5.41, 5.74) is 0.755. The van der Waals surface area contributed by atoms with Crippen LogP contribution in [0.1, 0.15) is 18.4 Å². The lowest BCUT2D eigenvalue weighted by Gasteiger charge is -2.36. The van der Waals surface area contributed by atoms with E-state index in [1.165, 1.54) is 18.6 Å². The predicted molar refractivity (Wildman–Crippen MR) is 86.7 cm³/mol. The highest BCUT2D eigenvalue weighted by atomic mass is 19.1. The van der Waals surface area contributed by atoms with E-state index in [0.29, 0.717) is 12.3 Å². The van der Waals surface area contributed by atoms with Gasteiger partial charge in [-0.25, -0.2) is 4.39 Å². The van der Waals surface area contributed by atoms with Crippen LogP contribution in [0.3, 0.4) is 0 Å². The first-order valence-electron chi connectivity index (χ1n) is 8.53. The largest absolute Gasteiger partial charge is 0.379 e. The average molecular weight is 320 g/mol. The Hall–Kier alpha value is -1.46. The third-order valence-electron chi connectivity index (χ3n) is 4.74. The van der Waals surface area contributed by atoms with E-state index in [1.807, 2.05) is 11.0 Å². The zero-order valence-corrected chi connectivity index (χ0v) is 13.5. The van der Waals surface area contributed by atoms with E-state index >= 15 is 0 Å². The molecule has 1 aromatic carbocycles. The van der Waals surface area contributed by atoms with Crippen molar-refractivity contribution in [1.82, 2.24) is 9.80 Å². The normalized spacial score (nSPS) is 23.0. The van der Waals surface area contributed by atoms with Crippen molar-refractivity contribution in [2.24, 2.45) is 5.92 Å². The molecule has 23 heavy (non-hydrogen) atoms. The molecule has 1 atom stereocenters. The summed E-state index contributed by atoms with van der Waals surface area (Å²) in [4.78, 5) is 16.9. The Labute approximate surface area is 137 Å². The van der Waals surface area contributed by atoms with Gasteiger partial charge in [0.1, 0.15) is 5.82 Å². The Bertz CT molecular complexity index is 532. The van der Waals surface area contributed by atoms with Gasteiger partial charge in [0.25, 0.3) is 0 Å². The van der Waals surface area contributed by atoms with Crippen molar-refractivity contribution in [1.29, 1.82) is 0 Å². The fourth-order valence-electron chi connectivity index (χ4n) is 3.52. The van der Waals surface area contributed by atoms with Crippen molar-refractivity contribution in [3.63, 3.8) is 0 Å². The lowest BCUT2D eigenvalue weighted by atomic mass is 9.96. The van der Waals surface area contributed by atoms with Gasteiger partial charge in [-0.15, -0.1) is 0 Å². The van der Waals surface area contributed by atoms with Gasteiger partial charge in [0.05, 0.1) is 19.6 Å². The van der Waals surface area contributed by atoms with Crippen molar-refractivity contribution >= 4 is 5.91 Å². The molecule has 126 valence electrons. The molecule has 2 aliphatic heterocycles. The molecule has 0 radical (unpaired) electrons. The van der Waals surface area contributed by atoms with Crippen molar-refractivity contribution in [2.75, 3.05) is 45.9 Å². The molecule has 5 heteroatoms. The molecule has 2 saturated heterocycles. The van der Waals surface area contributed by atoms with Crippen molar-refractivity contribution in [3.05, 3.63) is 35.6 Å². The van der Waals surface area contributed by atoms with E-state index in [9.17, 15) is 9.18 Å². The molecule has 2 aliphatic rings. The zero-order valence-electron chi connectivity index (χ0n) is 13.5. The minimum absolute atomic E-state index is 0.113. The van der Waals surface area contributed by atoms with Gasteiger partial charge in [0.15, 0.2) is 0 Å². The highest BCUT2D eigenvalue weighted by molar-refractivity contribution is 5.78. The number of rotatable bonds is 4. The molecule has 0 bridgehead atoms. The van der Waals surface area contributed by atoms with Crippen LogP contribution in [0.25, 0.3) is 0 Å². The van der Waals surface area contributed by atoms with Crippen LogP contribution in [0.5, 0.6) is 0 Å². The van der Waals surface area contributed by atoms with Crippen molar-refractivity contribution in [3.8, 4) is 0 Å². The first-order valence-corrected chi connectivity index (χ1v) is 8.53. The number of hydrogen-bond acceptors (Lipinski definition) is 3. The molecule has 0 aliphatic carbocycles. The van der Waals surface area contributed by atoms with Crippen molar-refractivity contribution < 1.29 is 13.9 Å². The van der Waals surface area contributed by atoms with Crippen LogP contribution in [0.15, 0.2) is 24.3 Å².